The Hall–Kier alpha value is -1.65. The lowest BCUT2D eigenvalue weighted by Gasteiger charge is -2.39. The zero-order valence-electron chi connectivity index (χ0n) is 10.7. The normalized spacial score (nSPS) is 50.9. The van der Waals surface area contributed by atoms with Crippen LogP contribution in [0.2, 0.25) is 0 Å². The summed E-state index contributed by atoms with van der Waals surface area (Å²) in [5.41, 5.74) is -1.90. The molecule has 0 aromatic rings. The predicted molar refractivity (Wildman–Crippen MR) is 61.8 cm³/mol. The summed E-state index contributed by atoms with van der Waals surface area (Å²) < 4.78 is 10.7. The maximum absolute atomic E-state index is 12.8. The number of carbonyl (C=O) groups is 3. The van der Waals surface area contributed by atoms with E-state index in [9.17, 15) is 14.4 Å². The van der Waals surface area contributed by atoms with Crippen LogP contribution in [-0.4, -0.2) is 29.9 Å². The molecule has 4 fully saturated rings. The largest absolute Gasteiger partial charge is 0.464 e. The number of hydrogen-bond acceptors (Lipinski definition) is 5. The van der Waals surface area contributed by atoms with Crippen molar-refractivity contribution in [1.29, 1.82) is 0 Å². The molecule has 0 aromatic heterocycles. The van der Waals surface area contributed by atoms with Crippen LogP contribution in [0.1, 0.15) is 26.2 Å². The van der Waals surface area contributed by atoms with Gasteiger partial charge in [-0.2, -0.15) is 0 Å². The third kappa shape index (κ3) is 0.813. The van der Waals surface area contributed by atoms with Gasteiger partial charge in [0.2, 0.25) is 0 Å². The zero-order valence-corrected chi connectivity index (χ0v) is 10.7. The molecule has 4 rings (SSSR count). The number of ketones is 1. The monoisotopic (exact) mass is 262 g/mol. The van der Waals surface area contributed by atoms with Crippen LogP contribution < -0.4 is 0 Å². The SMILES string of the molecule is C=C1CC[C@@]23OC(=O)CC12C(=O)[C@H]1C(=O)OC[C@]13C. The fraction of sp³-hybridized carbons (Fsp3) is 0.643. The lowest BCUT2D eigenvalue weighted by Crippen LogP contribution is -2.50. The fourth-order valence-corrected chi connectivity index (χ4v) is 4.88. The van der Waals surface area contributed by atoms with E-state index in [0.29, 0.717) is 12.8 Å². The van der Waals surface area contributed by atoms with Crippen LogP contribution in [-0.2, 0) is 23.9 Å². The minimum atomic E-state index is -0.983. The van der Waals surface area contributed by atoms with Crippen molar-refractivity contribution in [2.45, 2.75) is 31.8 Å². The molecular formula is C14H14O5. The molecule has 5 heteroatoms. The summed E-state index contributed by atoms with van der Waals surface area (Å²) in [6.07, 6.45) is 1.26. The van der Waals surface area contributed by atoms with Gasteiger partial charge in [-0.25, -0.2) is 0 Å². The Morgan fingerprint density at radius 1 is 1.32 bits per heavy atom. The standard InChI is InChI=1S/C14H14O5/c1-7-3-4-14-12(2)6-18-11(17)9(12)10(16)13(7,14)5-8(15)19-14/h9H,1,3-6H2,2H3/t9-,12+,13?,14-/m0/s1. The van der Waals surface area contributed by atoms with Crippen molar-refractivity contribution >= 4 is 17.7 Å². The van der Waals surface area contributed by atoms with Gasteiger partial charge in [-0.1, -0.05) is 19.1 Å². The van der Waals surface area contributed by atoms with Crippen molar-refractivity contribution in [3.63, 3.8) is 0 Å². The van der Waals surface area contributed by atoms with Gasteiger partial charge in [0, 0.05) is 0 Å². The highest BCUT2D eigenvalue weighted by molar-refractivity contribution is 6.12. The molecule has 2 saturated carbocycles. The van der Waals surface area contributed by atoms with Gasteiger partial charge in [0.05, 0.1) is 11.8 Å². The molecule has 19 heavy (non-hydrogen) atoms. The minimum absolute atomic E-state index is 0.0318. The van der Waals surface area contributed by atoms with Gasteiger partial charge in [0.15, 0.2) is 5.78 Å². The second-order valence-electron chi connectivity index (χ2n) is 6.31. The van der Waals surface area contributed by atoms with Gasteiger partial charge >= 0.3 is 11.9 Å². The van der Waals surface area contributed by atoms with Crippen LogP contribution in [0.3, 0.4) is 0 Å². The average molecular weight is 262 g/mol. The van der Waals surface area contributed by atoms with E-state index in [1.807, 2.05) is 6.92 Å². The van der Waals surface area contributed by atoms with Crippen molar-refractivity contribution < 1.29 is 23.9 Å². The van der Waals surface area contributed by atoms with Crippen LogP contribution >= 0.6 is 0 Å². The van der Waals surface area contributed by atoms with Gasteiger partial charge in [0.25, 0.3) is 0 Å². The van der Waals surface area contributed by atoms with Crippen LogP contribution in [0, 0.1) is 16.7 Å². The number of cyclic esters (lactones) is 1. The summed E-state index contributed by atoms with van der Waals surface area (Å²) in [6, 6.07) is 0. The van der Waals surface area contributed by atoms with E-state index in [1.165, 1.54) is 0 Å². The second-order valence-corrected chi connectivity index (χ2v) is 6.31. The van der Waals surface area contributed by atoms with Crippen LogP contribution in [0.15, 0.2) is 12.2 Å². The lowest BCUT2D eigenvalue weighted by atomic mass is 9.66. The Morgan fingerprint density at radius 2 is 2.05 bits per heavy atom. The molecule has 1 unspecified atom stereocenters. The van der Waals surface area contributed by atoms with Crippen molar-refractivity contribution in [1.82, 2.24) is 0 Å². The molecule has 2 heterocycles. The third-order valence-corrected chi connectivity index (χ3v) is 5.76. The number of fused-ring (bicyclic) bond motifs is 1. The molecule has 100 valence electrons. The number of esters is 2. The van der Waals surface area contributed by atoms with E-state index in [4.69, 9.17) is 9.47 Å². The molecule has 4 atom stereocenters. The number of carbonyl (C=O) groups excluding carboxylic acids is 3. The Labute approximate surface area is 109 Å². The molecule has 4 aliphatic rings. The van der Waals surface area contributed by atoms with E-state index in [-0.39, 0.29) is 24.8 Å². The van der Waals surface area contributed by atoms with E-state index in [2.05, 4.69) is 6.58 Å². The molecule has 0 bridgehead atoms. The lowest BCUT2D eigenvalue weighted by molar-refractivity contribution is -0.162. The smallest absolute Gasteiger partial charge is 0.317 e. The first-order valence-corrected chi connectivity index (χ1v) is 6.50. The maximum atomic E-state index is 12.8. The highest BCUT2D eigenvalue weighted by atomic mass is 16.6. The van der Waals surface area contributed by atoms with Gasteiger partial charge < -0.3 is 9.47 Å². The van der Waals surface area contributed by atoms with Gasteiger partial charge in [-0.15, -0.1) is 0 Å². The third-order valence-electron chi connectivity index (χ3n) is 5.76. The fourth-order valence-electron chi connectivity index (χ4n) is 4.88. The van der Waals surface area contributed by atoms with Crippen LogP contribution in [0.4, 0.5) is 0 Å². The molecule has 2 saturated heterocycles. The topological polar surface area (TPSA) is 69.7 Å². The quantitative estimate of drug-likeness (QED) is 0.366. The van der Waals surface area contributed by atoms with Crippen molar-refractivity contribution in [2.24, 2.45) is 16.7 Å². The molecule has 0 spiro atoms. The molecule has 2 aliphatic carbocycles. The number of ether oxygens (including phenoxy) is 2. The molecule has 5 nitrogen and oxygen atoms in total. The van der Waals surface area contributed by atoms with E-state index >= 15 is 0 Å². The summed E-state index contributed by atoms with van der Waals surface area (Å²) in [6.45, 7) is 5.96. The molecule has 2 aliphatic heterocycles. The second kappa shape index (κ2) is 2.76. The maximum Gasteiger partial charge on any atom is 0.317 e. The van der Waals surface area contributed by atoms with Crippen molar-refractivity contribution in [2.75, 3.05) is 6.61 Å². The number of Topliss-reactive ketones (excluding diaryl/α,β-unsaturated/α-hetero) is 1. The van der Waals surface area contributed by atoms with Crippen molar-refractivity contribution in [3.05, 3.63) is 12.2 Å². The number of hydrogen-bond donors (Lipinski definition) is 0. The summed E-state index contributed by atoms with van der Waals surface area (Å²) in [5.74, 6) is -1.87. The van der Waals surface area contributed by atoms with Gasteiger partial charge in [-0.05, 0) is 12.8 Å². The van der Waals surface area contributed by atoms with Crippen LogP contribution in [0.5, 0.6) is 0 Å². The van der Waals surface area contributed by atoms with Gasteiger partial charge in [-0.3, -0.25) is 14.4 Å². The molecule has 0 N–H and O–H groups in total. The van der Waals surface area contributed by atoms with Gasteiger partial charge in [0.1, 0.15) is 23.5 Å². The Balaban J connectivity index is 2.03. The summed E-state index contributed by atoms with van der Waals surface area (Å²) in [5, 5.41) is 0. The van der Waals surface area contributed by atoms with Crippen molar-refractivity contribution in [3.8, 4) is 0 Å². The molecule has 0 aromatic carbocycles. The number of rotatable bonds is 0. The molecule has 0 amide bonds. The highest BCUT2D eigenvalue weighted by Crippen LogP contribution is 2.73. The first-order chi connectivity index (χ1) is 8.89. The summed E-state index contributed by atoms with van der Waals surface area (Å²) in [4.78, 5) is 36.6. The highest BCUT2D eigenvalue weighted by Gasteiger charge is 2.85. The average Bonchev–Trinajstić information content (AvgIpc) is 2.94. The first kappa shape index (κ1) is 11.2. The Bertz CT molecular complexity index is 578. The van der Waals surface area contributed by atoms with E-state index in [0.717, 1.165) is 5.57 Å². The minimum Gasteiger partial charge on any atom is -0.464 e. The van der Waals surface area contributed by atoms with E-state index < -0.39 is 28.3 Å². The van der Waals surface area contributed by atoms with E-state index in [1.54, 1.807) is 0 Å². The first-order valence-electron chi connectivity index (χ1n) is 6.50. The summed E-state index contributed by atoms with van der Waals surface area (Å²) >= 11 is 0. The Kier molecular flexibility index (Phi) is 1.63. The van der Waals surface area contributed by atoms with Crippen LogP contribution in [0.25, 0.3) is 0 Å². The molecular weight excluding hydrogens is 248 g/mol. The zero-order chi connectivity index (χ0) is 13.6. The summed E-state index contributed by atoms with van der Waals surface area (Å²) in [7, 11) is 0. The molecule has 0 radical (unpaired) electrons. The Morgan fingerprint density at radius 3 is 2.79 bits per heavy atom. The predicted octanol–water partition coefficient (Wildman–Crippen LogP) is 0.770.